The van der Waals surface area contributed by atoms with Crippen LogP contribution in [0.15, 0.2) is 36.4 Å². The Morgan fingerprint density at radius 1 is 1.03 bits per heavy atom. The van der Waals surface area contributed by atoms with E-state index in [0.29, 0.717) is 13.0 Å². The van der Waals surface area contributed by atoms with Crippen molar-refractivity contribution in [3.05, 3.63) is 73.7 Å². The molecule has 2 rings (SSSR count). The highest BCUT2D eigenvalue weighted by Crippen LogP contribution is 2.41. The largest absolute Gasteiger partial charge is 0.405 e. The number of carbonyl (C=O) groups is 2. The molecule has 0 spiro atoms. The number of halogens is 9. The molecule has 2 amide bonds. The summed E-state index contributed by atoms with van der Waals surface area (Å²) in [5.74, 6) is -8.06. The number of hydrogen-bond acceptors (Lipinski definition) is 2. The van der Waals surface area contributed by atoms with Crippen molar-refractivity contribution in [3.63, 3.8) is 0 Å². The molecule has 2 aromatic carbocycles. The molecule has 0 aromatic heterocycles. The van der Waals surface area contributed by atoms with Crippen LogP contribution in [0.25, 0.3) is 5.83 Å². The highest BCUT2D eigenvalue weighted by molar-refractivity contribution is 6.48. The van der Waals surface area contributed by atoms with E-state index in [2.05, 4.69) is 5.32 Å². The summed E-state index contributed by atoms with van der Waals surface area (Å²) >= 11 is 17.7. The molecule has 0 aliphatic rings. The van der Waals surface area contributed by atoms with Gasteiger partial charge in [0, 0.05) is 18.1 Å². The van der Waals surface area contributed by atoms with E-state index in [1.54, 1.807) is 5.32 Å². The first kappa shape index (κ1) is 30.8. The minimum Gasteiger partial charge on any atom is -0.345 e. The SMILES string of the molecule is Cc1cc(/C(F)=C/C(c2cc(Cl)c(Cl)c(Cl)c2)C(C)(F)F)ccc1C(=O)NC(C)C(=O)NCC(F)(F)F. The molecule has 0 radical (unpaired) electrons. The Hall–Kier alpha value is -2.43. The van der Waals surface area contributed by atoms with Gasteiger partial charge in [-0.3, -0.25) is 9.59 Å². The van der Waals surface area contributed by atoms with Crippen molar-refractivity contribution in [1.82, 2.24) is 10.6 Å². The van der Waals surface area contributed by atoms with Crippen LogP contribution in [-0.2, 0) is 4.79 Å². The van der Waals surface area contributed by atoms with Crippen LogP contribution in [0.3, 0.4) is 0 Å². The normalized spacial score (nSPS) is 14.2. The quantitative estimate of drug-likeness (QED) is 0.247. The molecule has 0 aliphatic carbocycles. The number of nitrogens with one attached hydrogen (secondary N) is 2. The van der Waals surface area contributed by atoms with Crippen LogP contribution in [-0.4, -0.2) is 36.5 Å². The molecule has 2 atom stereocenters. The summed E-state index contributed by atoms with van der Waals surface area (Å²) in [5.41, 5.74) is 0.0254. The van der Waals surface area contributed by atoms with Gasteiger partial charge in [-0.05, 0) is 55.3 Å². The minimum atomic E-state index is -4.61. The van der Waals surface area contributed by atoms with Crippen molar-refractivity contribution < 1.29 is 35.9 Å². The number of amides is 2. The second-order valence-electron chi connectivity index (χ2n) is 8.30. The monoisotopic (exact) mass is 588 g/mol. The van der Waals surface area contributed by atoms with Crippen LogP contribution >= 0.6 is 34.8 Å². The molecule has 2 aromatic rings. The summed E-state index contributed by atoms with van der Waals surface area (Å²) in [6.07, 6.45) is -3.92. The van der Waals surface area contributed by atoms with E-state index < -0.39 is 48.2 Å². The molecule has 13 heteroatoms. The first-order chi connectivity index (χ1) is 16.9. The predicted molar refractivity (Wildman–Crippen MR) is 131 cm³/mol. The number of alkyl halides is 5. The summed E-state index contributed by atoms with van der Waals surface area (Å²) in [5, 5.41) is 3.70. The van der Waals surface area contributed by atoms with E-state index in [4.69, 9.17) is 34.8 Å². The third-order valence-corrected chi connectivity index (χ3v) is 6.37. The molecule has 0 bridgehead atoms. The Labute approximate surface area is 224 Å². The van der Waals surface area contributed by atoms with E-state index in [0.717, 1.165) is 18.2 Å². The second-order valence-corrected chi connectivity index (χ2v) is 9.50. The molecule has 0 saturated carbocycles. The van der Waals surface area contributed by atoms with Crippen molar-refractivity contribution in [2.45, 2.75) is 44.8 Å². The van der Waals surface area contributed by atoms with Crippen LogP contribution < -0.4 is 10.6 Å². The molecular formula is C24H21Cl3F6N2O2. The number of carbonyl (C=O) groups excluding carboxylic acids is 2. The van der Waals surface area contributed by atoms with Crippen LogP contribution in [0.1, 0.15) is 46.8 Å². The van der Waals surface area contributed by atoms with E-state index in [9.17, 15) is 31.5 Å². The number of aryl methyl sites for hydroxylation is 1. The van der Waals surface area contributed by atoms with Crippen LogP contribution in [0.5, 0.6) is 0 Å². The summed E-state index contributed by atoms with van der Waals surface area (Å²) in [7, 11) is 0. The highest BCUT2D eigenvalue weighted by Gasteiger charge is 2.35. The lowest BCUT2D eigenvalue weighted by atomic mass is 9.91. The van der Waals surface area contributed by atoms with Gasteiger partial charge < -0.3 is 10.6 Å². The standard InChI is InChI=1S/C24H21Cl3F6N2O2/c1-11-6-13(4-5-15(11)22(37)35-12(2)21(36)34-10-24(31,32)33)19(28)9-16(23(3,29)30)14-7-17(25)20(27)18(26)8-14/h4-9,12,16H,10H2,1-3H3,(H,34,36)(H,35,37)/b19-9-. The average molecular weight is 590 g/mol. The second kappa shape index (κ2) is 12.0. The maximum atomic E-state index is 15.1. The van der Waals surface area contributed by atoms with Crippen molar-refractivity contribution in [1.29, 1.82) is 0 Å². The molecule has 2 unspecified atom stereocenters. The molecule has 0 saturated heterocycles. The third-order valence-electron chi connectivity index (χ3n) is 5.18. The molecule has 37 heavy (non-hydrogen) atoms. The maximum absolute atomic E-state index is 15.1. The lowest BCUT2D eigenvalue weighted by Gasteiger charge is -2.22. The topological polar surface area (TPSA) is 58.2 Å². The Morgan fingerprint density at radius 3 is 2.08 bits per heavy atom. The van der Waals surface area contributed by atoms with Gasteiger partial charge in [-0.15, -0.1) is 0 Å². The molecule has 0 heterocycles. The van der Waals surface area contributed by atoms with E-state index in [-0.39, 0.29) is 37.3 Å². The van der Waals surface area contributed by atoms with Gasteiger partial charge in [0.05, 0.1) is 21.0 Å². The minimum absolute atomic E-state index is 0.000609. The fourth-order valence-electron chi connectivity index (χ4n) is 3.28. The van der Waals surface area contributed by atoms with Crippen molar-refractivity contribution in [2.24, 2.45) is 0 Å². The van der Waals surface area contributed by atoms with E-state index in [1.165, 1.54) is 26.0 Å². The lowest BCUT2D eigenvalue weighted by Crippen LogP contribution is -2.47. The van der Waals surface area contributed by atoms with E-state index >= 15 is 4.39 Å². The lowest BCUT2D eigenvalue weighted by molar-refractivity contribution is -0.139. The molecule has 4 nitrogen and oxygen atoms in total. The first-order valence-electron chi connectivity index (χ1n) is 10.6. The van der Waals surface area contributed by atoms with Crippen molar-refractivity contribution in [3.8, 4) is 0 Å². The van der Waals surface area contributed by atoms with Gasteiger partial charge in [-0.25, -0.2) is 13.2 Å². The van der Waals surface area contributed by atoms with Gasteiger partial charge in [0.2, 0.25) is 5.91 Å². The summed E-state index contributed by atoms with van der Waals surface area (Å²) < 4.78 is 80.6. The predicted octanol–water partition coefficient (Wildman–Crippen LogP) is 7.50. The number of benzene rings is 2. The Kier molecular flexibility index (Phi) is 9.95. The summed E-state index contributed by atoms with van der Waals surface area (Å²) in [6.45, 7) is 1.67. The smallest absolute Gasteiger partial charge is 0.345 e. The Balaban J connectivity index is 2.27. The van der Waals surface area contributed by atoms with Crippen molar-refractivity contribution >= 4 is 52.4 Å². The fraction of sp³-hybridized carbons (Fsp3) is 0.333. The van der Waals surface area contributed by atoms with Crippen LogP contribution in [0, 0.1) is 6.92 Å². The van der Waals surface area contributed by atoms with Gasteiger partial charge in [-0.2, -0.15) is 13.2 Å². The summed E-state index contributed by atoms with van der Waals surface area (Å²) in [4.78, 5) is 24.3. The zero-order valence-electron chi connectivity index (χ0n) is 19.5. The molecule has 0 fully saturated rings. The number of hydrogen-bond donors (Lipinski definition) is 2. The summed E-state index contributed by atoms with van der Waals surface area (Å²) in [6, 6.07) is 4.61. The first-order valence-corrected chi connectivity index (χ1v) is 11.7. The van der Waals surface area contributed by atoms with Gasteiger partial charge in [-0.1, -0.05) is 40.9 Å². The van der Waals surface area contributed by atoms with Gasteiger partial charge in [0.1, 0.15) is 18.4 Å². The molecule has 202 valence electrons. The molecule has 2 N–H and O–H groups in total. The average Bonchev–Trinajstić information content (AvgIpc) is 2.77. The zero-order chi connectivity index (χ0) is 28.3. The number of rotatable bonds is 8. The molecule has 0 aliphatic heterocycles. The van der Waals surface area contributed by atoms with Crippen LogP contribution in [0.2, 0.25) is 15.1 Å². The number of allylic oxidation sites excluding steroid dienone is 1. The maximum Gasteiger partial charge on any atom is 0.405 e. The van der Waals surface area contributed by atoms with Gasteiger partial charge in [0.15, 0.2) is 0 Å². The Morgan fingerprint density at radius 2 is 1.59 bits per heavy atom. The Bertz CT molecular complexity index is 1190. The molecular weight excluding hydrogens is 569 g/mol. The zero-order valence-corrected chi connectivity index (χ0v) is 21.8. The van der Waals surface area contributed by atoms with E-state index in [1.807, 2.05) is 0 Å². The fourth-order valence-corrected chi connectivity index (χ4v) is 3.89. The third kappa shape index (κ3) is 8.55. The van der Waals surface area contributed by atoms with Crippen molar-refractivity contribution in [2.75, 3.05) is 6.54 Å². The van der Waals surface area contributed by atoms with Crippen LogP contribution in [0.4, 0.5) is 26.3 Å². The van der Waals surface area contributed by atoms with Gasteiger partial charge in [0.25, 0.3) is 11.8 Å². The highest BCUT2D eigenvalue weighted by atomic mass is 35.5. The van der Waals surface area contributed by atoms with Gasteiger partial charge >= 0.3 is 6.18 Å².